The second kappa shape index (κ2) is 2.97. The van der Waals surface area contributed by atoms with E-state index in [0.717, 1.165) is 35.9 Å². The third-order valence-electron chi connectivity index (χ3n) is 2.60. The highest BCUT2D eigenvalue weighted by atomic mass is 35.5. The van der Waals surface area contributed by atoms with Gasteiger partial charge in [-0.3, -0.25) is 0 Å². The zero-order valence-electron chi connectivity index (χ0n) is 7.63. The van der Waals surface area contributed by atoms with Crippen LogP contribution in [0.4, 0.5) is 0 Å². The molecule has 14 heavy (non-hydrogen) atoms. The number of pyridine rings is 1. The molecular weight excluding hydrogens is 198 g/mol. The maximum absolute atomic E-state index is 5.91. The summed E-state index contributed by atoms with van der Waals surface area (Å²) in [6, 6.07) is 3.80. The zero-order valence-corrected chi connectivity index (χ0v) is 8.38. The molecule has 3 heterocycles. The molecule has 0 spiro atoms. The fourth-order valence-corrected chi connectivity index (χ4v) is 2.09. The summed E-state index contributed by atoms with van der Waals surface area (Å²) in [4.78, 5) is 4.53. The zero-order chi connectivity index (χ0) is 9.54. The van der Waals surface area contributed by atoms with Gasteiger partial charge in [0.05, 0.1) is 5.69 Å². The maximum atomic E-state index is 5.91. The predicted molar refractivity (Wildman–Crippen MR) is 55.6 cm³/mol. The van der Waals surface area contributed by atoms with Crippen molar-refractivity contribution in [1.29, 1.82) is 0 Å². The smallest absolute Gasteiger partial charge is 0.138 e. The molecule has 0 aliphatic carbocycles. The van der Waals surface area contributed by atoms with Crippen molar-refractivity contribution >= 4 is 17.2 Å². The van der Waals surface area contributed by atoms with Crippen molar-refractivity contribution in [2.24, 2.45) is 0 Å². The number of fused-ring (bicyclic) bond motifs is 3. The molecule has 0 amide bonds. The lowest BCUT2D eigenvalue weighted by Gasteiger charge is -2.11. The van der Waals surface area contributed by atoms with Gasteiger partial charge in [0.1, 0.15) is 5.65 Å². The molecule has 0 unspecified atom stereocenters. The maximum Gasteiger partial charge on any atom is 0.138 e. The Hall–Kier alpha value is -1.06. The molecule has 0 radical (unpaired) electrons. The Balaban J connectivity index is 2.31. The summed E-state index contributed by atoms with van der Waals surface area (Å²) in [5.74, 6) is 0. The Morgan fingerprint density at radius 2 is 2.43 bits per heavy atom. The van der Waals surface area contributed by atoms with Crippen molar-refractivity contribution in [3.8, 4) is 0 Å². The Morgan fingerprint density at radius 3 is 3.36 bits per heavy atom. The van der Waals surface area contributed by atoms with Crippen LogP contribution in [0.25, 0.3) is 5.65 Å². The summed E-state index contributed by atoms with van der Waals surface area (Å²) in [5.41, 5.74) is 3.42. The van der Waals surface area contributed by atoms with E-state index in [1.165, 1.54) is 5.69 Å². The Kier molecular flexibility index (Phi) is 1.75. The van der Waals surface area contributed by atoms with Gasteiger partial charge in [-0.25, -0.2) is 4.98 Å². The summed E-state index contributed by atoms with van der Waals surface area (Å²) in [6.07, 6.45) is 3.03. The quantitative estimate of drug-likeness (QED) is 0.712. The molecule has 1 N–H and O–H groups in total. The van der Waals surface area contributed by atoms with E-state index in [4.69, 9.17) is 11.6 Å². The van der Waals surface area contributed by atoms with Gasteiger partial charge in [-0.15, -0.1) is 0 Å². The second-order valence-electron chi connectivity index (χ2n) is 3.51. The summed E-state index contributed by atoms with van der Waals surface area (Å²) in [5, 5.41) is 4.05. The molecule has 0 saturated heterocycles. The van der Waals surface area contributed by atoms with Crippen LogP contribution in [0.3, 0.4) is 0 Å². The molecule has 72 valence electrons. The van der Waals surface area contributed by atoms with Crippen LogP contribution < -0.4 is 5.32 Å². The van der Waals surface area contributed by atoms with Crippen molar-refractivity contribution in [3.63, 3.8) is 0 Å². The molecule has 3 rings (SSSR count). The molecular formula is C10H10ClN3. The van der Waals surface area contributed by atoms with E-state index in [0.29, 0.717) is 0 Å². The van der Waals surface area contributed by atoms with Gasteiger partial charge in [-0.05, 0) is 6.07 Å². The van der Waals surface area contributed by atoms with Crippen LogP contribution in [-0.4, -0.2) is 15.9 Å². The van der Waals surface area contributed by atoms with Crippen LogP contribution in [-0.2, 0) is 13.0 Å². The third-order valence-corrected chi connectivity index (χ3v) is 2.84. The van der Waals surface area contributed by atoms with E-state index in [-0.39, 0.29) is 0 Å². The van der Waals surface area contributed by atoms with E-state index in [1.807, 2.05) is 18.3 Å². The van der Waals surface area contributed by atoms with Crippen LogP contribution in [0, 0.1) is 0 Å². The number of nitrogens with one attached hydrogen (secondary N) is 1. The standard InChI is InChI=1S/C10H10ClN3/c11-7-2-4-14-9-1-3-12-6-8(9)13-10(14)5-7/h2,4-5,12H,1,3,6H2. The van der Waals surface area contributed by atoms with E-state index in [1.54, 1.807) is 0 Å². The van der Waals surface area contributed by atoms with E-state index in [9.17, 15) is 0 Å². The minimum atomic E-state index is 0.743. The number of nitrogens with zero attached hydrogens (tertiary/aromatic N) is 2. The van der Waals surface area contributed by atoms with Gasteiger partial charge in [-0.1, -0.05) is 11.6 Å². The van der Waals surface area contributed by atoms with Gasteiger partial charge in [0.15, 0.2) is 0 Å². The molecule has 2 aromatic rings. The fourth-order valence-electron chi connectivity index (χ4n) is 1.94. The molecule has 2 aromatic heterocycles. The van der Waals surface area contributed by atoms with E-state index >= 15 is 0 Å². The highest BCUT2D eigenvalue weighted by molar-refractivity contribution is 6.30. The van der Waals surface area contributed by atoms with Gasteiger partial charge < -0.3 is 9.72 Å². The largest absolute Gasteiger partial charge is 0.311 e. The van der Waals surface area contributed by atoms with Crippen LogP contribution in [0.2, 0.25) is 5.02 Å². The number of imidazole rings is 1. The molecule has 0 fully saturated rings. The fraction of sp³-hybridized carbons (Fsp3) is 0.300. The highest BCUT2D eigenvalue weighted by Gasteiger charge is 2.15. The molecule has 3 nitrogen and oxygen atoms in total. The number of hydrogen-bond acceptors (Lipinski definition) is 2. The first-order valence-corrected chi connectivity index (χ1v) is 5.08. The van der Waals surface area contributed by atoms with Gasteiger partial charge >= 0.3 is 0 Å². The van der Waals surface area contributed by atoms with E-state index < -0.39 is 0 Å². The topological polar surface area (TPSA) is 29.3 Å². The Labute approximate surface area is 86.7 Å². The van der Waals surface area contributed by atoms with Crippen LogP contribution in [0.15, 0.2) is 18.3 Å². The lowest BCUT2D eigenvalue weighted by molar-refractivity contribution is 0.622. The first-order valence-electron chi connectivity index (χ1n) is 4.71. The van der Waals surface area contributed by atoms with Crippen molar-refractivity contribution in [3.05, 3.63) is 34.7 Å². The monoisotopic (exact) mass is 207 g/mol. The predicted octanol–water partition coefficient (Wildman–Crippen LogP) is 1.63. The SMILES string of the molecule is Clc1ccn2c3c(nc2c1)CNCC3. The van der Waals surface area contributed by atoms with Crippen LogP contribution >= 0.6 is 11.6 Å². The molecule has 1 aliphatic rings. The number of hydrogen-bond donors (Lipinski definition) is 1. The minimum absolute atomic E-state index is 0.743. The number of aromatic nitrogens is 2. The van der Waals surface area contributed by atoms with Gasteiger partial charge in [-0.2, -0.15) is 0 Å². The van der Waals surface area contributed by atoms with E-state index in [2.05, 4.69) is 14.7 Å². The molecule has 1 aliphatic heterocycles. The first-order chi connectivity index (χ1) is 6.84. The van der Waals surface area contributed by atoms with Crippen LogP contribution in [0.1, 0.15) is 11.4 Å². The van der Waals surface area contributed by atoms with Gasteiger partial charge in [0.25, 0.3) is 0 Å². The van der Waals surface area contributed by atoms with Gasteiger partial charge in [0, 0.05) is 42.5 Å². The van der Waals surface area contributed by atoms with Crippen LogP contribution in [0.5, 0.6) is 0 Å². The number of halogens is 1. The Bertz CT molecular complexity index is 489. The van der Waals surface area contributed by atoms with Crippen molar-refractivity contribution in [2.75, 3.05) is 6.54 Å². The summed E-state index contributed by atoms with van der Waals surface area (Å²) < 4.78 is 2.13. The van der Waals surface area contributed by atoms with Crippen molar-refractivity contribution < 1.29 is 0 Å². The lowest BCUT2D eigenvalue weighted by Crippen LogP contribution is -2.24. The normalized spacial score (nSPS) is 15.8. The molecule has 0 saturated carbocycles. The molecule has 0 aromatic carbocycles. The summed E-state index contributed by atoms with van der Waals surface area (Å²) >= 11 is 5.91. The lowest BCUT2D eigenvalue weighted by atomic mass is 10.2. The Morgan fingerprint density at radius 1 is 1.50 bits per heavy atom. The average molecular weight is 208 g/mol. The van der Waals surface area contributed by atoms with Crippen molar-refractivity contribution in [1.82, 2.24) is 14.7 Å². The highest BCUT2D eigenvalue weighted by Crippen LogP contribution is 2.18. The molecule has 4 heteroatoms. The third kappa shape index (κ3) is 1.13. The number of rotatable bonds is 0. The average Bonchev–Trinajstić information content (AvgIpc) is 2.54. The minimum Gasteiger partial charge on any atom is -0.311 e. The summed E-state index contributed by atoms with van der Waals surface area (Å²) in [6.45, 7) is 1.90. The first kappa shape index (κ1) is 8.26. The second-order valence-corrected chi connectivity index (χ2v) is 3.94. The van der Waals surface area contributed by atoms with Crippen molar-refractivity contribution in [2.45, 2.75) is 13.0 Å². The molecule has 0 atom stereocenters. The summed E-state index contributed by atoms with van der Waals surface area (Å²) in [7, 11) is 0. The van der Waals surface area contributed by atoms with Gasteiger partial charge in [0.2, 0.25) is 0 Å². The molecule has 0 bridgehead atoms.